The molecule has 32 heavy (non-hydrogen) atoms. The Kier molecular flexibility index (Phi) is 7.91. The van der Waals surface area contributed by atoms with Crippen LogP contribution in [-0.2, 0) is 22.4 Å². The van der Waals surface area contributed by atoms with Crippen molar-refractivity contribution in [3.63, 3.8) is 0 Å². The fraction of sp³-hybridized carbons (Fsp3) is 0.348. The van der Waals surface area contributed by atoms with Crippen molar-refractivity contribution < 1.29 is 23.8 Å². The molecule has 9 heteroatoms. The van der Waals surface area contributed by atoms with E-state index in [0.29, 0.717) is 25.0 Å². The molecule has 0 unspecified atom stereocenters. The number of aromatic nitrogens is 2. The SMILES string of the molecule is COCCCn1c(=O)c(C(=O)NCCOC)c(O)c2ncc(Cc3ccc(F)cc3)cc21. The molecule has 0 aliphatic rings. The van der Waals surface area contributed by atoms with Crippen LogP contribution >= 0.6 is 0 Å². The Morgan fingerprint density at radius 3 is 2.56 bits per heavy atom. The van der Waals surface area contributed by atoms with Crippen molar-refractivity contribution in [3.05, 3.63) is 69.4 Å². The van der Waals surface area contributed by atoms with Gasteiger partial charge in [-0.2, -0.15) is 0 Å². The molecule has 2 heterocycles. The van der Waals surface area contributed by atoms with Crippen molar-refractivity contribution in [2.45, 2.75) is 19.4 Å². The van der Waals surface area contributed by atoms with Gasteiger partial charge in [0.05, 0.1) is 12.1 Å². The summed E-state index contributed by atoms with van der Waals surface area (Å²) in [7, 11) is 3.06. The minimum Gasteiger partial charge on any atom is -0.505 e. The van der Waals surface area contributed by atoms with Crippen LogP contribution in [0.3, 0.4) is 0 Å². The van der Waals surface area contributed by atoms with Crippen LogP contribution in [0.25, 0.3) is 11.0 Å². The van der Waals surface area contributed by atoms with Crippen LogP contribution < -0.4 is 10.9 Å². The molecule has 3 aromatic rings. The van der Waals surface area contributed by atoms with Crippen molar-refractivity contribution in [2.75, 3.05) is 34.0 Å². The lowest BCUT2D eigenvalue weighted by atomic mass is 10.1. The zero-order chi connectivity index (χ0) is 23.1. The molecule has 0 spiro atoms. The number of fused-ring (bicyclic) bond motifs is 1. The standard InChI is InChI=1S/C23H26FN3O5/c1-31-10-3-9-27-18-13-16(12-15-4-6-17(24)7-5-15)14-26-20(18)21(28)19(23(27)30)22(29)25-8-11-32-2/h4-7,13-14,28H,3,8-12H2,1-2H3,(H,25,29). The summed E-state index contributed by atoms with van der Waals surface area (Å²) in [5, 5.41) is 13.3. The number of ether oxygens (including phenoxy) is 2. The van der Waals surface area contributed by atoms with Gasteiger partial charge in [-0.3, -0.25) is 14.6 Å². The first-order valence-corrected chi connectivity index (χ1v) is 10.2. The number of hydrogen-bond acceptors (Lipinski definition) is 6. The first-order chi connectivity index (χ1) is 15.5. The van der Waals surface area contributed by atoms with Crippen molar-refractivity contribution in [3.8, 4) is 5.75 Å². The van der Waals surface area contributed by atoms with Gasteiger partial charge in [0.25, 0.3) is 11.5 Å². The highest BCUT2D eigenvalue weighted by Crippen LogP contribution is 2.26. The Hall–Kier alpha value is -3.30. The van der Waals surface area contributed by atoms with Crippen LogP contribution in [0.4, 0.5) is 4.39 Å². The summed E-state index contributed by atoms with van der Waals surface area (Å²) in [5.74, 6) is -1.47. The molecule has 2 aromatic heterocycles. The number of halogens is 1. The summed E-state index contributed by atoms with van der Waals surface area (Å²) in [6.07, 6.45) is 2.57. The van der Waals surface area contributed by atoms with Crippen molar-refractivity contribution in [1.29, 1.82) is 0 Å². The maximum atomic E-state index is 13.2. The predicted molar refractivity (Wildman–Crippen MR) is 118 cm³/mol. The molecule has 0 bridgehead atoms. The molecule has 0 fully saturated rings. The number of nitrogens with one attached hydrogen (secondary N) is 1. The average molecular weight is 443 g/mol. The van der Waals surface area contributed by atoms with Crippen molar-refractivity contribution in [1.82, 2.24) is 14.9 Å². The van der Waals surface area contributed by atoms with E-state index >= 15 is 0 Å². The molecular weight excluding hydrogens is 417 g/mol. The Bertz CT molecular complexity index is 1150. The molecule has 0 saturated carbocycles. The van der Waals surface area contributed by atoms with E-state index in [1.54, 1.807) is 31.5 Å². The number of pyridine rings is 2. The number of carbonyl (C=O) groups is 1. The van der Waals surface area contributed by atoms with Gasteiger partial charge in [-0.25, -0.2) is 4.39 Å². The van der Waals surface area contributed by atoms with E-state index < -0.39 is 17.2 Å². The lowest BCUT2D eigenvalue weighted by molar-refractivity contribution is 0.0932. The van der Waals surface area contributed by atoms with E-state index in [1.807, 2.05) is 0 Å². The summed E-state index contributed by atoms with van der Waals surface area (Å²) in [5.41, 5.74) is 1.25. The van der Waals surface area contributed by atoms with E-state index in [0.717, 1.165) is 11.1 Å². The summed E-state index contributed by atoms with van der Waals surface area (Å²) >= 11 is 0. The predicted octanol–water partition coefficient (Wildman–Crippen LogP) is 2.24. The molecule has 0 atom stereocenters. The third kappa shape index (κ3) is 5.30. The second-order valence-electron chi connectivity index (χ2n) is 7.29. The quantitative estimate of drug-likeness (QED) is 0.466. The minimum atomic E-state index is -0.691. The topological polar surface area (TPSA) is 103 Å². The summed E-state index contributed by atoms with van der Waals surface area (Å²) < 4.78 is 24.6. The first kappa shape index (κ1) is 23.4. The average Bonchev–Trinajstić information content (AvgIpc) is 2.78. The minimum absolute atomic E-state index is 0.154. The summed E-state index contributed by atoms with van der Waals surface area (Å²) in [6, 6.07) is 7.87. The highest BCUT2D eigenvalue weighted by atomic mass is 19.1. The monoisotopic (exact) mass is 443 g/mol. The molecule has 1 amide bonds. The Labute approximate surface area is 184 Å². The maximum Gasteiger partial charge on any atom is 0.267 e. The van der Waals surface area contributed by atoms with Crippen molar-refractivity contribution in [2.24, 2.45) is 0 Å². The largest absolute Gasteiger partial charge is 0.505 e. The van der Waals surface area contributed by atoms with Gasteiger partial charge in [-0.15, -0.1) is 0 Å². The summed E-state index contributed by atoms with van der Waals surface area (Å²) in [6.45, 7) is 1.17. The van der Waals surface area contributed by atoms with Gasteiger partial charge in [0.1, 0.15) is 16.9 Å². The zero-order valence-electron chi connectivity index (χ0n) is 18.1. The van der Waals surface area contributed by atoms with Gasteiger partial charge < -0.3 is 24.5 Å². The Balaban J connectivity index is 2.06. The highest BCUT2D eigenvalue weighted by molar-refractivity contribution is 6.01. The number of benzene rings is 1. The number of aryl methyl sites for hydroxylation is 1. The number of amides is 1. The Morgan fingerprint density at radius 2 is 1.88 bits per heavy atom. The fourth-order valence-electron chi connectivity index (χ4n) is 3.43. The lowest BCUT2D eigenvalue weighted by Crippen LogP contribution is -2.35. The van der Waals surface area contributed by atoms with E-state index in [1.165, 1.54) is 23.8 Å². The molecule has 0 saturated heterocycles. The van der Waals surface area contributed by atoms with Crippen LogP contribution in [0.5, 0.6) is 5.75 Å². The van der Waals surface area contributed by atoms with E-state index in [4.69, 9.17) is 9.47 Å². The number of nitrogens with zero attached hydrogens (tertiary/aromatic N) is 2. The van der Waals surface area contributed by atoms with E-state index in [2.05, 4.69) is 10.3 Å². The smallest absolute Gasteiger partial charge is 0.267 e. The number of methoxy groups -OCH3 is 2. The van der Waals surface area contributed by atoms with Crippen LogP contribution in [0.2, 0.25) is 0 Å². The number of aromatic hydroxyl groups is 1. The van der Waals surface area contributed by atoms with Crippen LogP contribution in [-0.4, -0.2) is 54.5 Å². The molecule has 0 radical (unpaired) electrons. The van der Waals surface area contributed by atoms with Gasteiger partial charge in [0.15, 0.2) is 5.75 Å². The van der Waals surface area contributed by atoms with Gasteiger partial charge >= 0.3 is 0 Å². The second kappa shape index (κ2) is 10.8. The van der Waals surface area contributed by atoms with Gasteiger partial charge in [-0.1, -0.05) is 12.1 Å². The van der Waals surface area contributed by atoms with E-state index in [-0.39, 0.29) is 36.6 Å². The molecule has 1 aromatic carbocycles. The van der Waals surface area contributed by atoms with E-state index in [9.17, 15) is 19.1 Å². The number of hydrogen-bond donors (Lipinski definition) is 2. The maximum absolute atomic E-state index is 13.2. The van der Waals surface area contributed by atoms with Crippen molar-refractivity contribution >= 4 is 16.9 Å². The molecule has 3 rings (SSSR count). The third-order valence-electron chi connectivity index (χ3n) is 5.01. The zero-order valence-corrected chi connectivity index (χ0v) is 18.1. The van der Waals surface area contributed by atoms with Crippen LogP contribution in [0.1, 0.15) is 27.9 Å². The lowest BCUT2D eigenvalue weighted by Gasteiger charge is -2.15. The third-order valence-corrected chi connectivity index (χ3v) is 5.01. The molecule has 2 N–H and O–H groups in total. The number of rotatable bonds is 10. The fourth-order valence-corrected chi connectivity index (χ4v) is 3.43. The van der Waals surface area contributed by atoms with Gasteiger partial charge in [0, 0.05) is 40.1 Å². The second-order valence-corrected chi connectivity index (χ2v) is 7.29. The van der Waals surface area contributed by atoms with Gasteiger partial charge in [0.2, 0.25) is 0 Å². The molecule has 170 valence electrons. The van der Waals surface area contributed by atoms with Crippen LogP contribution in [0.15, 0.2) is 41.3 Å². The summed E-state index contributed by atoms with van der Waals surface area (Å²) in [4.78, 5) is 30.1. The highest BCUT2D eigenvalue weighted by Gasteiger charge is 2.23. The first-order valence-electron chi connectivity index (χ1n) is 10.2. The molecular formula is C23H26FN3O5. The normalized spacial score (nSPS) is 11.1. The molecule has 8 nitrogen and oxygen atoms in total. The van der Waals surface area contributed by atoms with Gasteiger partial charge in [-0.05, 0) is 42.2 Å². The molecule has 0 aliphatic carbocycles. The van der Waals surface area contributed by atoms with Crippen LogP contribution in [0, 0.1) is 5.82 Å². The Morgan fingerprint density at radius 1 is 1.16 bits per heavy atom. The number of carbonyl (C=O) groups excluding carboxylic acids is 1. The molecule has 0 aliphatic heterocycles.